The topological polar surface area (TPSA) is 43.4 Å². The lowest BCUT2D eigenvalue weighted by atomic mass is 9.67. The van der Waals surface area contributed by atoms with Gasteiger partial charge in [0.15, 0.2) is 5.78 Å². The summed E-state index contributed by atoms with van der Waals surface area (Å²) in [7, 11) is 1.38. The van der Waals surface area contributed by atoms with Crippen LogP contribution in [0, 0.1) is 11.3 Å². The van der Waals surface area contributed by atoms with Gasteiger partial charge in [0, 0.05) is 5.41 Å². The zero-order valence-corrected chi connectivity index (χ0v) is 10.7. The molecule has 2 aliphatic rings. The molecule has 2 aliphatic carbocycles. The van der Waals surface area contributed by atoms with Crippen LogP contribution in [-0.2, 0) is 14.3 Å². The molecule has 1 spiro atoms. The number of methoxy groups -OCH3 is 1. The van der Waals surface area contributed by atoms with Gasteiger partial charge in [0.25, 0.3) is 0 Å². The first-order chi connectivity index (χ1) is 8.19. The molecule has 1 unspecified atom stereocenters. The van der Waals surface area contributed by atoms with Crippen molar-refractivity contribution in [2.75, 3.05) is 7.11 Å². The molecule has 0 aromatic heterocycles. The van der Waals surface area contributed by atoms with E-state index in [1.54, 1.807) is 0 Å². The average Bonchev–Trinajstić information content (AvgIpc) is 2.52. The van der Waals surface area contributed by atoms with Gasteiger partial charge in [-0.3, -0.25) is 9.59 Å². The van der Waals surface area contributed by atoms with E-state index < -0.39 is 5.92 Å². The van der Waals surface area contributed by atoms with Crippen molar-refractivity contribution in [3.05, 3.63) is 0 Å². The minimum Gasteiger partial charge on any atom is -0.468 e. The lowest BCUT2D eigenvalue weighted by molar-refractivity contribution is -0.153. The van der Waals surface area contributed by atoms with Crippen molar-refractivity contribution < 1.29 is 14.3 Å². The summed E-state index contributed by atoms with van der Waals surface area (Å²) in [6.45, 7) is 0. The Labute approximate surface area is 103 Å². The van der Waals surface area contributed by atoms with Gasteiger partial charge in [-0.15, -0.1) is 0 Å². The number of ketones is 1. The van der Waals surface area contributed by atoms with Gasteiger partial charge in [-0.2, -0.15) is 0 Å². The van der Waals surface area contributed by atoms with E-state index in [-0.39, 0.29) is 17.2 Å². The highest BCUT2D eigenvalue weighted by atomic mass is 16.5. The fourth-order valence-corrected chi connectivity index (χ4v) is 3.53. The van der Waals surface area contributed by atoms with Crippen LogP contribution in [0.15, 0.2) is 0 Å². The molecule has 17 heavy (non-hydrogen) atoms. The van der Waals surface area contributed by atoms with E-state index in [1.807, 2.05) is 0 Å². The first-order valence-electron chi connectivity index (χ1n) is 6.82. The normalized spacial score (nSPS) is 28.8. The Kier molecular flexibility index (Phi) is 3.85. The monoisotopic (exact) mass is 238 g/mol. The zero-order valence-electron chi connectivity index (χ0n) is 10.7. The summed E-state index contributed by atoms with van der Waals surface area (Å²) in [6, 6.07) is 0. The predicted molar refractivity (Wildman–Crippen MR) is 64.5 cm³/mol. The molecule has 2 fully saturated rings. The quantitative estimate of drug-likeness (QED) is 0.521. The number of hydrogen-bond acceptors (Lipinski definition) is 3. The number of hydrogen-bond donors (Lipinski definition) is 0. The Hall–Kier alpha value is -0.860. The Balaban J connectivity index is 2.20. The fourth-order valence-electron chi connectivity index (χ4n) is 3.53. The van der Waals surface area contributed by atoms with E-state index in [2.05, 4.69) is 0 Å². The molecule has 0 aromatic carbocycles. The van der Waals surface area contributed by atoms with Crippen LogP contribution in [-0.4, -0.2) is 18.9 Å². The number of esters is 1. The minimum absolute atomic E-state index is 0.182. The summed E-state index contributed by atoms with van der Waals surface area (Å²) in [5.74, 6) is -0.621. The number of Topliss-reactive ketones (excluding diaryl/α,β-unsaturated/α-hetero) is 1. The molecular formula is C14H22O3. The standard InChI is InChI=1S/C14H22O3/c1-17-13(16)11-7-3-6-10-14(12(11)15)8-4-2-5-9-14/h11H,2-10H2,1H3. The lowest BCUT2D eigenvalue weighted by Crippen LogP contribution is -2.39. The minimum atomic E-state index is -0.486. The third-order valence-electron chi connectivity index (χ3n) is 4.53. The smallest absolute Gasteiger partial charge is 0.316 e. The van der Waals surface area contributed by atoms with Crippen molar-refractivity contribution in [3.63, 3.8) is 0 Å². The van der Waals surface area contributed by atoms with Gasteiger partial charge in [-0.25, -0.2) is 0 Å². The molecule has 2 saturated carbocycles. The number of carbonyl (C=O) groups is 2. The molecule has 0 radical (unpaired) electrons. The molecule has 0 saturated heterocycles. The van der Waals surface area contributed by atoms with Crippen molar-refractivity contribution in [1.29, 1.82) is 0 Å². The SMILES string of the molecule is COC(=O)C1CCCCC2(CCCCC2)C1=O. The van der Waals surface area contributed by atoms with E-state index >= 15 is 0 Å². The summed E-state index contributed by atoms with van der Waals surface area (Å²) in [4.78, 5) is 24.3. The van der Waals surface area contributed by atoms with Gasteiger partial charge >= 0.3 is 5.97 Å². The molecule has 0 heterocycles. The molecule has 3 nitrogen and oxygen atoms in total. The van der Waals surface area contributed by atoms with Crippen LogP contribution in [0.5, 0.6) is 0 Å². The molecule has 0 bridgehead atoms. The number of carbonyl (C=O) groups excluding carboxylic acids is 2. The molecule has 3 heteroatoms. The summed E-state index contributed by atoms with van der Waals surface area (Å²) in [6.07, 6.45) is 9.22. The molecule has 0 aromatic rings. The Bertz CT molecular complexity index is 303. The van der Waals surface area contributed by atoms with Gasteiger partial charge in [0.2, 0.25) is 0 Å². The van der Waals surface area contributed by atoms with E-state index in [0.29, 0.717) is 6.42 Å². The van der Waals surface area contributed by atoms with Crippen LogP contribution >= 0.6 is 0 Å². The maximum Gasteiger partial charge on any atom is 0.316 e. The summed E-state index contributed by atoms with van der Waals surface area (Å²) in [5, 5.41) is 0. The number of ether oxygens (including phenoxy) is 1. The molecule has 96 valence electrons. The molecule has 1 atom stereocenters. The van der Waals surface area contributed by atoms with Crippen molar-refractivity contribution in [3.8, 4) is 0 Å². The lowest BCUT2D eigenvalue weighted by Gasteiger charge is -2.36. The highest BCUT2D eigenvalue weighted by molar-refractivity contribution is 6.02. The fraction of sp³-hybridized carbons (Fsp3) is 0.857. The maximum absolute atomic E-state index is 12.6. The Morgan fingerprint density at radius 3 is 2.29 bits per heavy atom. The Morgan fingerprint density at radius 1 is 1.12 bits per heavy atom. The van der Waals surface area contributed by atoms with Gasteiger partial charge in [0.1, 0.15) is 5.92 Å². The highest BCUT2D eigenvalue weighted by Gasteiger charge is 2.46. The van der Waals surface area contributed by atoms with E-state index in [9.17, 15) is 9.59 Å². The second-order valence-electron chi connectivity index (χ2n) is 5.53. The van der Waals surface area contributed by atoms with Crippen molar-refractivity contribution in [2.24, 2.45) is 11.3 Å². The van der Waals surface area contributed by atoms with Gasteiger partial charge in [-0.1, -0.05) is 32.1 Å². The van der Waals surface area contributed by atoms with Crippen molar-refractivity contribution in [2.45, 2.75) is 57.8 Å². The van der Waals surface area contributed by atoms with Crippen LogP contribution in [0.1, 0.15) is 57.8 Å². The second kappa shape index (κ2) is 5.19. The van der Waals surface area contributed by atoms with Gasteiger partial charge in [-0.05, 0) is 25.7 Å². The molecular weight excluding hydrogens is 216 g/mol. The summed E-state index contributed by atoms with van der Waals surface area (Å²) < 4.78 is 4.79. The zero-order chi connectivity index (χ0) is 12.3. The maximum atomic E-state index is 12.6. The van der Waals surface area contributed by atoms with Crippen LogP contribution < -0.4 is 0 Å². The molecule has 0 aliphatic heterocycles. The van der Waals surface area contributed by atoms with Gasteiger partial charge < -0.3 is 4.74 Å². The number of rotatable bonds is 1. The Morgan fingerprint density at radius 2 is 1.71 bits per heavy atom. The molecule has 0 amide bonds. The second-order valence-corrected chi connectivity index (χ2v) is 5.53. The van der Waals surface area contributed by atoms with E-state index in [0.717, 1.165) is 44.9 Å². The van der Waals surface area contributed by atoms with Gasteiger partial charge in [0.05, 0.1) is 7.11 Å². The third-order valence-corrected chi connectivity index (χ3v) is 4.53. The third kappa shape index (κ3) is 2.38. The van der Waals surface area contributed by atoms with Crippen molar-refractivity contribution >= 4 is 11.8 Å². The van der Waals surface area contributed by atoms with Crippen LogP contribution in [0.4, 0.5) is 0 Å². The largest absolute Gasteiger partial charge is 0.468 e. The van der Waals surface area contributed by atoms with E-state index in [4.69, 9.17) is 4.74 Å². The van der Waals surface area contributed by atoms with Crippen molar-refractivity contribution in [1.82, 2.24) is 0 Å². The van der Waals surface area contributed by atoms with Crippen LogP contribution in [0.3, 0.4) is 0 Å². The first-order valence-corrected chi connectivity index (χ1v) is 6.82. The average molecular weight is 238 g/mol. The summed E-state index contributed by atoms with van der Waals surface area (Å²) >= 11 is 0. The van der Waals surface area contributed by atoms with Crippen LogP contribution in [0.2, 0.25) is 0 Å². The van der Waals surface area contributed by atoms with E-state index in [1.165, 1.54) is 13.5 Å². The molecule has 0 N–H and O–H groups in total. The first kappa shape index (κ1) is 12.6. The predicted octanol–water partition coefficient (Wildman–Crippen LogP) is 2.87. The van der Waals surface area contributed by atoms with Crippen LogP contribution in [0.25, 0.3) is 0 Å². The summed E-state index contributed by atoms with van der Waals surface area (Å²) in [5.41, 5.74) is -0.187. The molecule has 2 rings (SSSR count). The highest BCUT2D eigenvalue weighted by Crippen LogP contribution is 2.45.